The third kappa shape index (κ3) is 2.05. The smallest absolute Gasteiger partial charge is 0.278 e. The quantitative estimate of drug-likeness (QED) is 0.543. The highest BCUT2D eigenvalue weighted by Gasteiger charge is 2.19. The highest BCUT2D eigenvalue weighted by atomic mass is 79.9. The first-order valence-electron chi connectivity index (χ1n) is 6.35. The van der Waals surface area contributed by atoms with Crippen LogP contribution in [0.25, 0.3) is 11.0 Å². The Bertz CT molecular complexity index is 777. The first kappa shape index (κ1) is 13.0. The number of para-hydroxylation sites is 2. The van der Waals surface area contributed by atoms with Gasteiger partial charge in [0.15, 0.2) is 0 Å². The van der Waals surface area contributed by atoms with Crippen molar-refractivity contribution in [1.29, 1.82) is 0 Å². The van der Waals surface area contributed by atoms with Crippen molar-refractivity contribution in [2.75, 3.05) is 6.54 Å². The Morgan fingerprint density at radius 2 is 1.70 bits per heavy atom. The second-order valence-electron chi connectivity index (χ2n) is 4.58. The number of rotatable bonds is 1. The molecule has 0 aliphatic carbocycles. The summed E-state index contributed by atoms with van der Waals surface area (Å²) in [7, 11) is 0. The largest absolute Gasteiger partial charge is 1.00 e. The van der Waals surface area contributed by atoms with E-state index in [2.05, 4.69) is 33.3 Å². The van der Waals surface area contributed by atoms with Crippen LogP contribution in [0.15, 0.2) is 59.6 Å². The van der Waals surface area contributed by atoms with E-state index < -0.39 is 0 Å². The molecule has 5 heteroatoms. The molecule has 0 bridgehead atoms. The van der Waals surface area contributed by atoms with Gasteiger partial charge in [0.05, 0.1) is 5.52 Å². The summed E-state index contributed by atoms with van der Waals surface area (Å²) in [5, 5.41) is 0. The van der Waals surface area contributed by atoms with Gasteiger partial charge in [-0.2, -0.15) is 4.68 Å². The van der Waals surface area contributed by atoms with E-state index in [1.54, 1.807) is 0 Å². The average molecular weight is 329 g/mol. The zero-order chi connectivity index (χ0) is 12.7. The van der Waals surface area contributed by atoms with Gasteiger partial charge in [0.25, 0.3) is 5.95 Å². The van der Waals surface area contributed by atoms with Crippen molar-refractivity contribution in [2.45, 2.75) is 0 Å². The number of aromatic nitrogens is 2. The van der Waals surface area contributed by atoms with Crippen LogP contribution in [0.4, 0.5) is 5.95 Å². The molecule has 2 aromatic carbocycles. The number of nitrogens with two attached hydrogens (primary N) is 1. The van der Waals surface area contributed by atoms with Crippen LogP contribution >= 0.6 is 0 Å². The van der Waals surface area contributed by atoms with Gasteiger partial charge in [-0.05, 0) is 12.1 Å². The van der Waals surface area contributed by atoms with Gasteiger partial charge in [0.2, 0.25) is 0 Å². The van der Waals surface area contributed by atoms with Gasteiger partial charge in [-0.3, -0.25) is 0 Å². The Hall–Kier alpha value is -1.98. The van der Waals surface area contributed by atoms with Crippen LogP contribution in [-0.4, -0.2) is 21.9 Å². The van der Waals surface area contributed by atoms with E-state index >= 15 is 0 Å². The van der Waals surface area contributed by atoms with Crippen molar-refractivity contribution in [1.82, 2.24) is 9.66 Å². The molecule has 0 unspecified atom stereocenters. The summed E-state index contributed by atoms with van der Waals surface area (Å²) in [6, 6.07) is 18.4. The average Bonchev–Trinajstić information content (AvgIpc) is 2.86. The van der Waals surface area contributed by atoms with Crippen LogP contribution in [0.2, 0.25) is 0 Å². The lowest BCUT2D eigenvalue weighted by Crippen LogP contribution is -3.00. The Kier molecular flexibility index (Phi) is 3.38. The van der Waals surface area contributed by atoms with E-state index in [0.29, 0.717) is 0 Å². The molecule has 0 saturated carbocycles. The molecule has 1 aromatic heterocycles. The molecule has 0 radical (unpaired) electrons. The van der Waals surface area contributed by atoms with Crippen LogP contribution in [0.5, 0.6) is 0 Å². The molecule has 1 aliphatic rings. The Balaban J connectivity index is 0.00000121. The minimum Gasteiger partial charge on any atom is -1.00 e. The van der Waals surface area contributed by atoms with Gasteiger partial charge in [-0.25, -0.2) is 15.4 Å². The van der Waals surface area contributed by atoms with E-state index in [-0.39, 0.29) is 17.0 Å². The van der Waals surface area contributed by atoms with Gasteiger partial charge in [-0.1, -0.05) is 42.5 Å². The Labute approximate surface area is 126 Å². The molecule has 3 aromatic rings. The Morgan fingerprint density at radius 1 is 0.950 bits per heavy atom. The SMILES string of the molecule is [Br-].c1ccc(C2=Nc3nc4ccccc4n3[NH2+]C2)cc1. The lowest BCUT2D eigenvalue weighted by Gasteiger charge is -2.12. The van der Waals surface area contributed by atoms with Gasteiger partial charge >= 0.3 is 0 Å². The van der Waals surface area contributed by atoms with Crippen LogP contribution in [0, 0.1) is 0 Å². The van der Waals surface area contributed by atoms with E-state index in [9.17, 15) is 0 Å². The van der Waals surface area contributed by atoms with Crippen molar-refractivity contribution in [3.05, 3.63) is 60.2 Å². The highest BCUT2D eigenvalue weighted by molar-refractivity contribution is 6.03. The predicted molar refractivity (Wildman–Crippen MR) is 74.6 cm³/mol. The minimum absolute atomic E-state index is 0. The fourth-order valence-electron chi connectivity index (χ4n) is 2.45. The summed E-state index contributed by atoms with van der Waals surface area (Å²) < 4.78 is 2.07. The normalized spacial score (nSPS) is 13.5. The maximum atomic E-state index is 4.69. The predicted octanol–water partition coefficient (Wildman–Crippen LogP) is -1.50. The van der Waals surface area contributed by atoms with Crippen molar-refractivity contribution in [3.63, 3.8) is 0 Å². The summed E-state index contributed by atoms with van der Waals surface area (Å²) in [5.41, 5.74) is 6.50. The van der Waals surface area contributed by atoms with Crippen molar-refractivity contribution >= 4 is 22.7 Å². The molecular weight excluding hydrogens is 316 g/mol. The summed E-state index contributed by atoms with van der Waals surface area (Å²) in [4.78, 5) is 9.26. The number of nitrogens with zero attached hydrogens (tertiary/aromatic N) is 3. The fourth-order valence-corrected chi connectivity index (χ4v) is 2.45. The molecule has 0 spiro atoms. The molecule has 4 rings (SSSR count). The van der Waals surface area contributed by atoms with Gasteiger partial charge < -0.3 is 17.0 Å². The first-order chi connectivity index (χ1) is 9.42. The topological polar surface area (TPSA) is 46.8 Å². The number of aliphatic imine (C=N–C) groups is 1. The monoisotopic (exact) mass is 328 g/mol. The van der Waals surface area contributed by atoms with Crippen molar-refractivity contribution < 1.29 is 22.4 Å². The zero-order valence-electron chi connectivity index (χ0n) is 10.7. The third-order valence-corrected chi connectivity index (χ3v) is 3.39. The van der Waals surface area contributed by atoms with Gasteiger partial charge in [0.1, 0.15) is 17.8 Å². The summed E-state index contributed by atoms with van der Waals surface area (Å²) in [6.07, 6.45) is 0. The molecular formula is C15H13BrN4. The summed E-state index contributed by atoms with van der Waals surface area (Å²) >= 11 is 0. The second-order valence-corrected chi connectivity index (χ2v) is 4.58. The molecule has 1 aliphatic heterocycles. The first-order valence-corrected chi connectivity index (χ1v) is 6.35. The van der Waals surface area contributed by atoms with E-state index in [1.807, 2.05) is 36.4 Å². The maximum Gasteiger partial charge on any atom is 0.278 e. The number of halogens is 1. The standard InChI is InChI=1S/C15H12N4.BrH/c1-2-6-11(7-3-1)13-10-16-19-14-9-5-4-8-12(14)17-15(19)18-13;/h1-9,16H,10H2;1H. The number of benzene rings is 2. The fraction of sp³-hybridized carbons (Fsp3) is 0.0667. The van der Waals surface area contributed by atoms with Gasteiger partial charge in [0, 0.05) is 5.56 Å². The number of hydrogen-bond donors (Lipinski definition) is 1. The lowest BCUT2D eigenvalue weighted by atomic mass is 10.1. The molecule has 4 nitrogen and oxygen atoms in total. The molecule has 2 N–H and O–H groups in total. The van der Waals surface area contributed by atoms with Crippen molar-refractivity contribution in [2.24, 2.45) is 4.99 Å². The zero-order valence-corrected chi connectivity index (χ0v) is 12.3. The second kappa shape index (κ2) is 5.19. The molecule has 100 valence electrons. The number of imidazole rings is 1. The highest BCUT2D eigenvalue weighted by Crippen LogP contribution is 2.20. The lowest BCUT2D eigenvalue weighted by molar-refractivity contribution is -0.693. The molecule has 0 atom stereocenters. The van der Waals surface area contributed by atoms with Gasteiger partial charge in [-0.15, -0.1) is 0 Å². The number of hydrogen-bond acceptors (Lipinski definition) is 2. The van der Waals surface area contributed by atoms with Crippen LogP contribution < -0.4 is 22.4 Å². The van der Waals surface area contributed by atoms with E-state index in [1.165, 1.54) is 0 Å². The summed E-state index contributed by atoms with van der Waals surface area (Å²) in [6.45, 7) is 0.831. The third-order valence-electron chi connectivity index (χ3n) is 3.39. The van der Waals surface area contributed by atoms with Crippen molar-refractivity contribution in [3.8, 4) is 0 Å². The molecule has 0 saturated heterocycles. The van der Waals surface area contributed by atoms with Crippen LogP contribution in [0.1, 0.15) is 5.56 Å². The number of fused-ring (bicyclic) bond motifs is 3. The minimum atomic E-state index is 0. The van der Waals surface area contributed by atoms with Crippen LogP contribution in [-0.2, 0) is 0 Å². The number of quaternary nitrogens is 1. The molecule has 0 fully saturated rings. The summed E-state index contributed by atoms with van der Waals surface area (Å²) in [5.74, 6) is 0.770. The molecule has 2 heterocycles. The Morgan fingerprint density at radius 3 is 2.55 bits per heavy atom. The molecule has 0 amide bonds. The van der Waals surface area contributed by atoms with Crippen LogP contribution in [0.3, 0.4) is 0 Å². The maximum absolute atomic E-state index is 4.69. The molecule has 20 heavy (non-hydrogen) atoms. The van der Waals surface area contributed by atoms with E-state index in [4.69, 9.17) is 4.99 Å². The van der Waals surface area contributed by atoms with E-state index in [0.717, 1.165) is 34.8 Å².